The Bertz CT molecular complexity index is 992. The van der Waals surface area contributed by atoms with Crippen LogP contribution in [-0.2, 0) is 0 Å². The van der Waals surface area contributed by atoms with Gasteiger partial charge in [-0.2, -0.15) is 4.52 Å². The first-order chi connectivity index (χ1) is 10.4. The summed E-state index contributed by atoms with van der Waals surface area (Å²) in [5, 5.41) is 9.29. The highest BCUT2D eigenvalue weighted by Crippen LogP contribution is 2.15. The molecule has 0 fully saturated rings. The second kappa shape index (κ2) is 4.87. The first-order valence-corrected chi connectivity index (χ1v) is 6.96. The summed E-state index contributed by atoms with van der Waals surface area (Å²) >= 11 is 0. The van der Waals surface area contributed by atoms with Crippen molar-refractivity contribution in [2.45, 2.75) is 20.8 Å². The number of rotatable bonds is 2. The van der Waals surface area contributed by atoms with E-state index in [0.29, 0.717) is 16.8 Å². The highest BCUT2D eigenvalue weighted by atomic mass is 16.3. The number of hydrogen-bond donors (Lipinski definition) is 1. The van der Waals surface area contributed by atoms with Crippen molar-refractivity contribution in [1.82, 2.24) is 9.03 Å². The molecule has 1 N–H and O–H groups in total. The molecule has 0 aliphatic carbocycles. The molecule has 112 valence electrons. The van der Waals surface area contributed by atoms with Gasteiger partial charge in [-0.1, -0.05) is 18.2 Å². The predicted molar refractivity (Wildman–Crippen MR) is 85.8 cm³/mol. The maximum absolute atomic E-state index is 12.3. The van der Waals surface area contributed by atoms with Crippen LogP contribution in [0.2, 0.25) is 0 Å². The van der Waals surface area contributed by atoms with E-state index in [1.807, 2.05) is 19.1 Å². The fourth-order valence-electron chi connectivity index (χ4n) is 2.57. The third-order valence-electron chi connectivity index (χ3n) is 4.03. The molecule has 22 heavy (non-hydrogen) atoms. The summed E-state index contributed by atoms with van der Waals surface area (Å²) in [5.41, 5.74) is 2.92. The lowest BCUT2D eigenvalue weighted by molar-refractivity contribution is 0.475. The highest BCUT2D eigenvalue weighted by molar-refractivity contribution is 5.70. The Kier molecular flexibility index (Phi) is 3.13. The Hall–Kier alpha value is -2.82. The molecule has 0 saturated carbocycles. The van der Waals surface area contributed by atoms with E-state index in [9.17, 15) is 14.7 Å². The molecule has 0 unspecified atom stereocenters. The van der Waals surface area contributed by atoms with Crippen molar-refractivity contribution in [3.63, 3.8) is 0 Å². The van der Waals surface area contributed by atoms with Crippen molar-refractivity contribution < 1.29 is 5.11 Å². The van der Waals surface area contributed by atoms with Crippen LogP contribution in [0.1, 0.15) is 28.1 Å². The van der Waals surface area contributed by atoms with Crippen LogP contribution >= 0.6 is 0 Å². The fourth-order valence-corrected chi connectivity index (χ4v) is 2.57. The van der Waals surface area contributed by atoms with E-state index in [0.717, 1.165) is 11.3 Å². The lowest BCUT2D eigenvalue weighted by Crippen LogP contribution is -2.23. The molecule has 2 aromatic heterocycles. The van der Waals surface area contributed by atoms with Crippen LogP contribution in [0.5, 0.6) is 5.75 Å². The van der Waals surface area contributed by atoms with Gasteiger partial charge in [-0.3, -0.25) is 9.59 Å². The van der Waals surface area contributed by atoms with Crippen molar-refractivity contribution >= 4 is 12.2 Å². The van der Waals surface area contributed by atoms with E-state index >= 15 is 0 Å². The maximum Gasteiger partial charge on any atom is 0.278 e. The Labute approximate surface area is 126 Å². The molecule has 5 heteroatoms. The van der Waals surface area contributed by atoms with Crippen LogP contribution in [0.4, 0.5) is 0 Å². The number of phenolic OH excluding ortho intramolecular Hbond substituents is 1. The Morgan fingerprint density at radius 2 is 1.45 bits per heavy atom. The van der Waals surface area contributed by atoms with Gasteiger partial charge in [0.1, 0.15) is 5.75 Å². The van der Waals surface area contributed by atoms with E-state index in [-0.39, 0.29) is 16.9 Å². The van der Waals surface area contributed by atoms with Gasteiger partial charge in [0.2, 0.25) is 0 Å². The van der Waals surface area contributed by atoms with Crippen molar-refractivity contribution in [2.24, 2.45) is 0 Å². The standard InChI is InChI=1S/C17H16N2O3/c1-10-12(3)18-15(11(2)17(22)19(18)16(10)21)9-6-13-4-7-14(20)8-5-13/h4-9,20H,1-3H3/b9-6+. The molecule has 1 aromatic carbocycles. The number of aryl methyl sites for hydroxylation is 1. The number of nitrogens with zero attached hydrogens (tertiary/aromatic N) is 2. The smallest absolute Gasteiger partial charge is 0.278 e. The van der Waals surface area contributed by atoms with Crippen LogP contribution < -0.4 is 11.1 Å². The molecule has 5 nitrogen and oxygen atoms in total. The number of benzene rings is 1. The Balaban J connectivity index is 2.21. The predicted octanol–water partition coefficient (Wildman–Crippen LogP) is 2.00. The lowest BCUT2D eigenvalue weighted by Gasteiger charge is -1.98. The second-order valence-electron chi connectivity index (χ2n) is 5.38. The first-order valence-electron chi connectivity index (χ1n) is 6.96. The van der Waals surface area contributed by atoms with Gasteiger partial charge in [0.05, 0.1) is 5.69 Å². The Morgan fingerprint density at radius 1 is 0.864 bits per heavy atom. The average molecular weight is 296 g/mol. The van der Waals surface area contributed by atoms with E-state index in [1.54, 1.807) is 42.6 Å². The molecule has 0 aliphatic rings. The molecule has 0 amide bonds. The zero-order valence-corrected chi connectivity index (χ0v) is 12.6. The number of phenols is 1. The zero-order chi connectivity index (χ0) is 16.0. The number of aromatic nitrogens is 2. The van der Waals surface area contributed by atoms with Gasteiger partial charge >= 0.3 is 0 Å². The summed E-state index contributed by atoms with van der Waals surface area (Å²) in [4.78, 5) is 24.4. The van der Waals surface area contributed by atoms with Gasteiger partial charge < -0.3 is 5.11 Å². The van der Waals surface area contributed by atoms with Gasteiger partial charge in [-0.15, -0.1) is 0 Å². The summed E-state index contributed by atoms with van der Waals surface area (Å²) in [6.07, 6.45) is 3.66. The van der Waals surface area contributed by atoms with Crippen LogP contribution in [0.25, 0.3) is 12.2 Å². The molecule has 0 aliphatic heterocycles. The number of fused-ring (bicyclic) bond motifs is 1. The molecule has 2 heterocycles. The third-order valence-corrected chi connectivity index (χ3v) is 4.03. The minimum atomic E-state index is -0.286. The molecule has 0 saturated heterocycles. The van der Waals surface area contributed by atoms with Crippen LogP contribution in [0.3, 0.4) is 0 Å². The molecule has 0 atom stereocenters. The molecular weight excluding hydrogens is 280 g/mol. The van der Waals surface area contributed by atoms with Gasteiger partial charge in [0.25, 0.3) is 11.1 Å². The van der Waals surface area contributed by atoms with Gasteiger partial charge in [0.15, 0.2) is 0 Å². The van der Waals surface area contributed by atoms with Gasteiger partial charge in [-0.05, 0) is 44.5 Å². The van der Waals surface area contributed by atoms with E-state index in [4.69, 9.17) is 0 Å². The number of aromatic hydroxyl groups is 1. The highest BCUT2D eigenvalue weighted by Gasteiger charge is 2.18. The molecule has 3 rings (SSSR count). The van der Waals surface area contributed by atoms with Gasteiger partial charge in [0, 0.05) is 16.8 Å². The lowest BCUT2D eigenvalue weighted by atomic mass is 10.1. The van der Waals surface area contributed by atoms with Crippen LogP contribution in [0, 0.1) is 20.8 Å². The van der Waals surface area contributed by atoms with Crippen molar-refractivity contribution in [1.29, 1.82) is 0 Å². The van der Waals surface area contributed by atoms with E-state index in [2.05, 4.69) is 0 Å². The summed E-state index contributed by atoms with van der Waals surface area (Å²) in [6.45, 7) is 5.26. The monoisotopic (exact) mass is 296 g/mol. The fraction of sp³-hybridized carbons (Fsp3) is 0.176. The second-order valence-corrected chi connectivity index (χ2v) is 5.38. The van der Waals surface area contributed by atoms with Gasteiger partial charge in [-0.25, -0.2) is 4.52 Å². The zero-order valence-electron chi connectivity index (χ0n) is 12.6. The Morgan fingerprint density at radius 3 is 2.09 bits per heavy atom. The molecule has 0 bridgehead atoms. The minimum Gasteiger partial charge on any atom is -0.508 e. The van der Waals surface area contributed by atoms with E-state index in [1.165, 1.54) is 4.52 Å². The first kappa shape index (κ1) is 14.1. The van der Waals surface area contributed by atoms with Crippen LogP contribution in [-0.4, -0.2) is 14.1 Å². The maximum atomic E-state index is 12.3. The van der Waals surface area contributed by atoms with Crippen LogP contribution in [0.15, 0.2) is 33.9 Å². The van der Waals surface area contributed by atoms with Crippen molar-refractivity contribution in [3.05, 3.63) is 73.1 Å². The molecule has 0 radical (unpaired) electrons. The average Bonchev–Trinajstić information content (AvgIpc) is 2.88. The SMILES string of the molecule is Cc1c(C)n2c(/C=C/c3ccc(O)cc3)c(C)c(=O)n2c1=O. The minimum absolute atomic E-state index is 0.203. The quantitative estimate of drug-likeness (QED) is 0.786. The molecule has 3 aromatic rings. The van der Waals surface area contributed by atoms with Crippen molar-refractivity contribution in [2.75, 3.05) is 0 Å². The van der Waals surface area contributed by atoms with Crippen molar-refractivity contribution in [3.8, 4) is 5.75 Å². The topological polar surface area (TPSA) is 63.2 Å². The number of hydrogen-bond acceptors (Lipinski definition) is 3. The molecule has 0 spiro atoms. The summed E-state index contributed by atoms with van der Waals surface area (Å²) in [6, 6.07) is 6.75. The van der Waals surface area contributed by atoms with E-state index < -0.39 is 0 Å². The third kappa shape index (κ3) is 1.94. The normalized spacial score (nSPS) is 11.8. The summed E-state index contributed by atoms with van der Waals surface area (Å²) in [5.74, 6) is 0.203. The summed E-state index contributed by atoms with van der Waals surface area (Å²) in [7, 11) is 0. The largest absolute Gasteiger partial charge is 0.508 e. The molecular formula is C17H16N2O3. The summed E-state index contributed by atoms with van der Waals surface area (Å²) < 4.78 is 2.84.